The summed E-state index contributed by atoms with van der Waals surface area (Å²) in [5.74, 6) is 0.0505. The van der Waals surface area contributed by atoms with E-state index in [2.05, 4.69) is 15.2 Å². The predicted octanol–water partition coefficient (Wildman–Crippen LogP) is 2.85. The number of nitrogens with one attached hydrogen (secondary N) is 1. The quantitative estimate of drug-likeness (QED) is 0.800. The van der Waals surface area contributed by atoms with Crippen LogP contribution in [-0.2, 0) is 34.4 Å². The molecule has 1 N–H and O–H groups in total. The third-order valence-corrected chi connectivity index (χ3v) is 7.31. The molecule has 3 aliphatic rings. The number of aromatic nitrogens is 1. The number of carbonyl (C=O) groups is 2. The van der Waals surface area contributed by atoms with E-state index < -0.39 is 5.41 Å². The zero-order chi connectivity index (χ0) is 21.6. The number of likely N-dealkylation sites (N-methyl/N-ethyl adjacent to an activating group) is 1. The van der Waals surface area contributed by atoms with Gasteiger partial charge < -0.3 is 10.2 Å². The maximum atomic E-state index is 14.1. The molecule has 0 saturated carbocycles. The number of benzene rings is 1. The number of aryl methyl sites for hydroxylation is 1. The Balaban J connectivity index is 1.55. The van der Waals surface area contributed by atoms with Crippen molar-refractivity contribution in [2.75, 3.05) is 31.6 Å². The van der Waals surface area contributed by atoms with Crippen LogP contribution in [0, 0.1) is 0 Å². The van der Waals surface area contributed by atoms with Crippen LogP contribution in [0.1, 0.15) is 41.5 Å². The van der Waals surface area contributed by atoms with E-state index in [1.54, 1.807) is 7.05 Å². The monoisotopic (exact) mass is 438 g/mol. The van der Waals surface area contributed by atoms with Crippen LogP contribution in [0.3, 0.4) is 0 Å². The Bertz CT molecular complexity index is 1060. The Kier molecular flexibility index (Phi) is 5.22. The van der Waals surface area contributed by atoms with Gasteiger partial charge in [-0.15, -0.1) is 0 Å². The lowest BCUT2D eigenvalue weighted by molar-refractivity contribution is -0.126. The second kappa shape index (κ2) is 7.92. The SMILES string of the molecule is CNC(=O)CN1Cc2ccc(Cl)cc2[C@]2(CCN(c3cncc4c3CCCC4)C2=O)C1. The van der Waals surface area contributed by atoms with Crippen molar-refractivity contribution in [3.63, 3.8) is 0 Å². The van der Waals surface area contributed by atoms with Crippen LogP contribution in [0.25, 0.3) is 0 Å². The van der Waals surface area contributed by atoms with Gasteiger partial charge in [-0.25, -0.2) is 0 Å². The average Bonchev–Trinajstić information content (AvgIpc) is 3.10. The fourth-order valence-corrected chi connectivity index (χ4v) is 5.73. The van der Waals surface area contributed by atoms with E-state index in [4.69, 9.17) is 11.6 Å². The molecule has 2 aliphatic heterocycles. The van der Waals surface area contributed by atoms with Crippen LogP contribution in [0.5, 0.6) is 0 Å². The number of fused-ring (bicyclic) bond motifs is 3. The minimum absolute atomic E-state index is 0.0452. The first-order chi connectivity index (χ1) is 15.0. The molecule has 0 unspecified atom stereocenters. The molecule has 1 saturated heterocycles. The van der Waals surface area contributed by atoms with Crippen LogP contribution >= 0.6 is 11.6 Å². The van der Waals surface area contributed by atoms with Gasteiger partial charge in [0.25, 0.3) is 0 Å². The molecule has 1 aromatic carbocycles. The first-order valence-electron chi connectivity index (χ1n) is 11.0. The molecular formula is C24H27ClN4O2. The number of pyridine rings is 1. The van der Waals surface area contributed by atoms with Crippen molar-refractivity contribution < 1.29 is 9.59 Å². The smallest absolute Gasteiger partial charge is 0.239 e. The fraction of sp³-hybridized carbons (Fsp3) is 0.458. The van der Waals surface area contributed by atoms with Crippen LogP contribution in [-0.4, -0.2) is 48.4 Å². The van der Waals surface area contributed by atoms with Crippen LogP contribution < -0.4 is 10.2 Å². The number of halogens is 1. The standard InChI is InChI=1S/C24H27ClN4O2/c1-26-22(30)14-28-13-17-6-7-18(25)10-20(17)24(15-28)8-9-29(23(24)31)21-12-27-11-16-4-2-3-5-19(16)21/h6-7,10-12H,2-5,8-9,13-15H2,1H3,(H,26,30)/t24-/m0/s1. The molecule has 2 amide bonds. The molecule has 0 radical (unpaired) electrons. The summed E-state index contributed by atoms with van der Waals surface area (Å²) in [4.78, 5) is 34.6. The van der Waals surface area contributed by atoms with Crippen LogP contribution in [0.4, 0.5) is 5.69 Å². The molecule has 31 heavy (non-hydrogen) atoms. The van der Waals surface area contributed by atoms with Crippen molar-refractivity contribution in [1.82, 2.24) is 15.2 Å². The number of amides is 2. The molecule has 2 aromatic rings. The van der Waals surface area contributed by atoms with Crippen LogP contribution in [0.15, 0.2) is 30.6 Å². The van der Waals surface area contributed by atoms with Crippen molar-refractivity contribution in [1.29, 1.82) is 0 Å². The second-order valence-corrected chi connectivity index (χ2v) is 9.35. The molecule has 162 valence electrons. The minimum Gasteiger partial charge on any atom is -0.358 e. The first-order valence-corrected chi connectivity index (χ1v) is 11.4. The number of nitrogens with zero attached hydrogens (tertiary/aromatic N) is 3. The maximum Gasteiger partial charge on any atom is 0.239 e. The van der Waals surface area contributed by atoms with Gasteiger partial charge >= 0.3 is 0 Å². The summed E-state index contributed by atoms with van der Waals surface area (Å²) >= 11 is 6.36. The highest BCUT2D eigenvalue weighted by molar-refractivity contribution is 6.30. The predicted molar refractivity (Wildman–Crippen MR) is 120 cm³/mol. The van der Waals surface area contributed by atoms with E-state index in [1.165, 1.54) is 17.5 Å². The number of hydrogen-bond donors (Lipinski definition) is 1. The lowest BCUT2D eigenvalue weighted by atomic mass is 9.73. The first kappa shape index (κ1) is 20.5. The Morgan fingerprint density at radius 3 is 2.90 bits per heavy atom. The van der Waals surface area contributed by atoms with E-state index in [-0.39, 0.29) is 18.4 Å². The Morgan fingerprint density at radius 1 is 1.23 bits per heavy atom. The van der Waals surface area contributed by atoms with Gasteiger partial charge in [0.15, 0.2) is 0 Å². The third-order valence-electron chi connectivity index (χ3n) is 7.08. The fourth-order valence-electron chi connectivity index (χ4n) is 5.56. The third kappa shape index (κ3) is 3.42. The summed E-state index contributed by atoms with van der Waals surface area (Å²) in [6, 6.07) is 5.82. The summed E-state index contributed by atoms with van der Waals surface area (Å²) in [5.41, 5.74) is 4.90. The van der Waals surface area contributed by atoms with Gasteiger partial charge in [-0.1, -0.05) is 17.7 Å². The van der Waals surface area contributed by atoms with Crippen molar-refractivity contribution in [3.8, 4) is 0 Å². The highest BCUT2D eigenvalue weighted by atomic mass is 35.5. The van der Waals surface area contributed by atoms with Gasteiger partial charge in [0, 0.05) is 37.9 Å². The Labute approximate surface area is 187 Å². The van der Waals surface area contributed by atoms with Gasteiger partial charge in [-0.05, 0) is 66.5 Å². The molecule has 6 nitrogen and oxygen atoms in total. The Morgan fingerprint density at radius 2 is 2.06 bits per heavy atom. The summed E-state index contributed by atoms with van der Waals surface area (Å²) in [5, 5.41) is 3.34. The van der Waals surface area contributed by atoms with Crippen molar-refractivity contribution >= 4 is 29.1 Å². The van der Waals surface area contributed by atoms with Gasteiger partial charge in [-0.2, -0.15) is 0 Å². The molecule has 3 heterocycles. The largest absolute Gasteiger partial charge is 0.358 e. The molecule has 1 spiro atoms. The van der Waals surface area contributed by atoms with Crippen molar-refractivity contribution in [3.05, 3.63) is 57.9 Å². The zero-order valence-corrected chi connectivity index (χ0v) is 18.5. The normalized spacial score (nSPS) is 23.0. The number of carbonyl (C=O) groups excluding carboxylic acids is 2. The van der Waals surface area contributed by atoms with Crippen molar-refractivity contribution in [2.24, 2.45) is 0 Å². The summed E-state index contributed by atoms with van der Waals surface area (Å²) < 4.78 is 0. The Hall–Kier alpha value is -2.44. The molecule has 1 aromatic heterocycles. The second-order valence-electron chi connectivity index (χ2n) is 8.91. The molecule has 0 bridgehead atoms. The summed E-state index contributed by atoms with van der Waals surface area (Å²) in [7, 11) is 1.64. The molecular weight excluding hydrogens is 412 g/mol. The summed E-state index contributed by atoms with van der Waals surface area (Å²) in [6.07, 6.45) is 8.86. The van der Waals surface area contributed by atoms with Gasteiger partial charge in [0.1, 0.15) is 0 Å². The topological polar surface area (TPSA) is 65.5 Å². The van der Waals surface area contributed by atoms with E-state index in [0.717, 1.165) is 36.1 Å². The molecule has 1 fully saturated rings. The highest BCUT2D eigenvalue weighted by Crippen LogP contribution is 2.45. The van der Waals surface area contributed by atoms with E-state index in [9.17, 15) is 9.59 Å². The number of anilines is 1. The maximum absolute atomic E-state index is 14.1. The lowest BCUT2D eigenvalue weighted by Gasteiger charge is -2.40. The average molecular weight is 439 g/mol. The van der Waals surface area contributed by atoms with Gasteiger partial charge in [0.2, 0.25) is 11.8 Å². The van der Waals surface area contributed by atoms with Crippen LogP contribution in [0.2, 0.25) is 5.02 Å². The number of rotatable bonds is 3. The minimum atomic E-state index is -0.691. The zero-order valence-electron chi connectivity index (χ0n) is 17.8. The molecule has 5 rings (SSSR count). The highest BCUT2D eigenvalue weighted by Gasteiger charge is 2.52. The van der Waals surface area contributed by atoms with Gasteiger partial charge in [-0.3, -0.25) is 19.5 Å². The molecule has 7 heteroatoms. The number of hydrogen-bond acceptors (Lipinski definition) is 4. The molecule has 1 aliphatic carbocycles. The van der Waals surface area contributed by atoms with Gasteiger partial charge in [0.05, 0.1) is 23.8 Å². The molecule has 1 atom stereocenters. The summed E-state index contributed by atoms with van der Waals surface area (Å²) in [6.45, 7) is 2.08. The van der Waals surface area contributed by atoms with E-state index in [1.807, 2.05) is 35.5 Å². The van der Waals surface area contributed by atoms with Crippen molar-refractivity contribution in [2.45, 2.75) is 44.1 Å². The van der Waals surface area contributed by atoms with E-state index in [0.29, 0.717) is 31.1 Å². The lowest BCUT2D eigenvalue weighted by Crippen LogP contribution is -2.52. The van der Waals surface area contributed by atoms with E-state index >= 15 is 0 Å².